The van der Waals surface area contributed by atoms with Gasteiger partial charge in [0.05, 0.1) is 24.3 Å². The fraction of sp³-hybridized carbons (Fsp3) is 0.439. The summed E-state index contributed by atoms with van der Waals surface area (Å²) >= 11 is 0. The van der Waals surface area contributed by atoms with Crippen LogP contribution in [-0.2, 0) is 63.3 Å². The normalized spacial score (nSPS) is 14.3. The first-order valence-corrected chi connectivity index (χ1v) is 29.3. The van der Waals surface area contributed by atoms with Gasteiger partial charge in [0.25, 0.3) is 0 Å². The van der Waals surface area contributed by atoms with Crippen molar-refractivity contribution in [2.75, 3.05) is 36.2 Å². The number of primary amides is 1. The van der Waals surface area contributed by atoms with Gasteiger partial charge in [-0.15, -0.1) is 0 Å². The number of likely N-dealkylation sites (N-methyl/N-ethyl adjacent to an activating group) is 2. The van der Waals surface area contributed by atoms with Crippen LogP contribution < -0.4 is 47.9 Å². The summed E-state index contributed by atoms with van der Waals surface area (Å²) < 4.78 is 5.56. The van der Waals surface area contributed by atoms with Crippen molar-refractivity contribution in [3.63, 3.8) is 0 Å². The van der Waals surface area contributed by atoms with E-state index in [0.717, 1.165) is 22.3 Å². The van der Waals surface area contributed by atoms with Crippen LogP contribution in [0.4, 0.5) is 26.7 Å². The maximum atomic E-state index is 14.2. The Labute approximate surface area is 511 Å². The highest BCUT2D eigenvalue weighted by atomic mass is 16.5. The van der Waals surface area contributed by atoms with Crippen LogP contribution >= 0.6 is 0 Å². The third kappa shape index (κ3) is 19.3. The number of hydrogen-bond donors (Lipinski definition) is 9. The predicted octanol–water partition coefficient (Wildman–Crippen LogP) is 7.94. The second-order valence-electron chi connectivity index (χ2n) is 24.4. The molecule has 5 atom stereocenters. The molecule has 21 heteroatoms. The smallest absolute Gasteiger partial charge is 0.411 e. The van der Waals surface area contributed by atoms with E-state index in [4.69, 9.17) is 10.5 Å². The minimum Gasteiger partial charge on any atom is -0.478 e. The van der Waals surface area contributed by atoms with Crippen molar-refractivity contribution < 1.29 is 53.0 Å². The van der Waals surface area contributed by atoms with E-state index in [0.29, 0.717) is 41.2 Å². The van der Waals surface area contributed by atoms with Crippen LogP contribution in [0.25, 0.3) is 5.57 Å². The van der Waals surface area contributed by atoms with Crippen molar-refractivity contribution in [1.82, 2.24) is 31.5 Å². The molecule has 4 aromatic rings. The molecule has 0 aliphatic carbocycles. The first kappa shape index (κ1) is 68.9. The van der Waals surface area contributed by atoms with Gasteiger partial charge < -0.3 is 57.3 Å². The number of carboxylic acids is 1. The zero-order valence-corrected chi connectivity index (χ0v) is 52.2. The fourth-order valence-electron chi connectivity index (χ4n) is 10.4. The van der Waals surface area contributed by atoms with Crippen molar-refractivity contribution in [2.45, 2.75) is 150 Å². The van der Waals surface area contributed by atoms with Gasteiger partial charge in [-0.3, -0.25) is 34.1 Å². The van der Waals surface area contributed by atoms with E-state index < -0.39 is 88.7 Å². The minimum absolute atomic E-state index is 0.0832. The van der Waals surface area contributed by atoms with E-state index in [2.05, 4.69) is 43.8 Å². The zero-order chi connectivity index (χ0) is 64.5. The summed E-state index contributed by atoms with van der Waals surface area (Å²) in [6.07, 6.45) is 1.40. The molecule has 4 aromatic carbocycles. The topological polar surface area (TPSA) is 300 Å². The van der Waals surface area contributed by atoms with Crippen LogP contribution in [-0.4, -0.2) is 114 Å². The monoisotopic (exact) mass is 1200 g/mol. The summed E-state index contributed by atoms with van der Waals surface area (Å²) in [6, 6.07) is 23.5. The second-order valence-corrected chi connectivity index (χ2v) is 24.4. The average Bonchev–Trinajstić information content (AvgIpc) is 1.87. The summed E-state index contributed by atoms with van der Waals surface area (Å²) in [5.74, 6) is -4.48. The number of benzene rings is 4. The summed E-state index contributed by atoms with van der Waals surface area (Å²) in [7, 11) is 3.24. The van der Waals surface area contributed by atoms with Gasteiger partial charge in [-0.05, 0) is 109 Å². The number of nitrogens with zero attached hydrogens (tertiary/aromatic N) is 2. The summed E-state index contributed by atoms with van der Waals surface area (Å²) in [6.45, 7) is 22.6. The number of anilines is 3. The van der Waals surface area contributed by atoms with E-state index >= 15 is 0 Å². The molecule has 10 N–H and O–H groups in total. The van der Waals surface area contributed by atoms with Crippen molar-refractivity contribution in [2.24, 2.45) is 23.0 Å². The van der Waals surface area contributed by atoms with Gasteiger partial charge in [-0.2, -0.15) is 0 Å². The number of nitrogens with one attached hydrogen (secondary N) is 7. The van der Waals surface area contributed by atoms with Gasteiger partial charge in [0, 0.05) is 54.4 Å². The lowest BCUT2D eigenvalue weighted by Crippen LogP contribution is -2.61. The van der Waals surface area contributed by atoms with Gasteiger partial charge in [-0.1, -0.05) is 142 Å². The molecule has 0 radical (unpaired) electrons. The van der Waals surface area contributed by atoms with Crippen molar-refractivity contribution in [1.29, 1.82) is 0 Å². The molecule has 0 aromatic heterocycles. The number of carbonyl (C=O) groups is 9. The number of hydrogen-bond acceptors (Lipinski definition) is 11. The maximum absolute atomic E-state index is 14.2. The molecule has 0 spiro atoms. The van der Waals surface area contributed by atoms with Gasteiger partial charge in [0.15, 0.2) is 0 Å². The lowest BCUT2D eigenvalue weighted by atomic mass is 9.76. The molecule has 1 heterocycles. The predicted molar refractivity (Wildman–Crippen MR) is 337 cm³/mol. The standard InChI is InChI=1S/C66H88N10O11/c1-39(2)52(35-42(6)62(83)84)75(13)61(82)57(65(7,8)9)74-60(81)56(68-12)66(10,11)46-22-18-23-48(36-46)71-64(86)87-38-43-27-29-47(30-28-43)70-58(79)50(25-19-33-69-63(67)85)72-59(80)55(40(3)4)73-53(77)31-32-54(78)76-37-45-21-15-14-20-44(45)34-41(5)49-24-16-17-26-51(49)76/h14-18,20-24,26-30,35-36,39-40,50,52,55-57,68H,5,19,25,31-34,37-38H2,1-4,6-13H3,(H,70,79)(H,71,86)(H,72,80)(H,73,77)(H,74,81)(H,83,84)(H3,67,69,85)/b42-35+/t50-,52+,55-,56?,57+/m0/s1. The van der Waals surface area contributed by atoms with Crippen molar-refractivity contribution in [3.8, 4) is 0 Å². The van der Waals surface area contributed by atoms with Gasteiger partial charge in [-0.25, -0.2) is 14.4 Å². The van der Waals surface area contributed by atoms with Crippen LogP contribution in [0.15, 0.2) is 115 Å². The molecule has 0 saturated heterocycles. The molecule has 1 aliphatic rings. The molecule has 1 unspecified atom stereocenters. The average molecular weight is 1200 g/mol. The van der Waals surface area contributed by atoms with Crippen LogP contribution in [0.5, 0.6) is 0 Å². The number of nitrogens with two attached hydrogens (primary N) is 1. The number of carboxylic acid groups (broad SMARTS) is 1. The highest BCUT2D eigenvalue weighted by molar-refractivity contribution is 6.00. The third-order valence-electron chi connectivity index (χ3n) is 15.5. The Hall–Kier alpha value is -8.85. The number of ether oxygens (including phenoxy) is 1. The largest absolute Gasteiger partial charge is 0.478 e. The molecular formula is C66H88N10O11. The van der Waals surface area contributed by atoms with Gasteiger partial charge in [0.2, 0.25) is 35.4 Å². The van der Waals surface area contributed by atoms with Gasteiger partial charge in [0.1, 0.15) is 24.7 Å². The van der Waals surface area contributed by atoms with Crippen LogP contribution in [0.3, 0.4) is 0 Å². The molecule has 0 saturated carbocycles. The van der Waals surface area contributed by atoms with Gasteiger partial charge >= 0.3 is 18.1 Å². The molecule has 5 rings (SSSR count). The Kier molecular flexibility index (Phi) is 24.6. The highest BCUT2D eigenvalue weighted by Crippen LogP contribution is 2.35. The Morgan fingerprint density at radius 3 is 2.03 bits per heavy atom. The summed E-state index contributed by atoms with van der Waals surface area (Å²) in [5, 5.41) is 29.3. The quantitative estimate of drug-likeness (QED) is 0.0214. The van der Waals surface area contributed by atoms with E-state index in [-0.39, 0.29) is 62.1 Å². The van der Waals surface area contributed by atoms with E-state index in [9.17, 15) is 48.3 Å². The van der Waals surface area contributed by atoms with E-state index in [1.54, 1.807) is 81.4 Å². The fourth-order valence-corrected chi connectivity index (χ4v) is 10.4. The first-order valence-electron chi connectivity index (χ1n) is 29.3. The number of rotatable bonds is 26. The van der Waals surface area contributed by atoms with E-state index in [1.165, 1.54) is 11.8 Å². The van der Waals surface area contributed by atoms with Crippen LogP contribution in [0, 0.1) is 17.3 Å². The maximum Gasteiger partial charge on any atom is 0.411 e. The molecule has 87 heavy (non-hydrogen) atoms. The molecule has 9 amide bonds. The van der Waals surface area contributed by atoms with Crippen molar-refractivity contribution in [3.05, 3.63) is 143 Å². The Morgan fingerprint density at radius 2 is 1.41 bits per heavy atom. The number of urea groups is 1. The number of carbonyl (C=O) groups excluding carboxylic acids is 8. The van der Waals surface area contributed by atoms with Crippen molar-refractivity contribution >= 4 is 76.2 Å². The van der Waals surface area contributed by atoms with Crippen LogP contribution in [0.1, 0.15) is 123 Å². The minimum atomic E-state index is -1.12. The number of fused-ring (bicyclic) bond motifs is 2. The number of allylic oxidation sites excluding steroid dienone is 1. The summed E-state index contributed by atoms with van der Waals surface area (Å²) in [4.78, 5) is 123. The molecule has 0 bridgehead atoms. The Morgan fingerprint density at radius 1 is 0.759 bits per heavy atom. The highest BCUT2D eigenvalue weighted by Gasteiger charge is 2.42. The second kappa shape index (κ2) is 31.0. The Bertz CT molecular complexity index is 3190. The van der Waals surface area contributed by atoms with Crippen LogP contribution in [0.2, 0.25) is 0 Å². The summed E-state index contributed by atoms with van der Waals surface area (Å²) in [5.41, 5.74) is 10.2. The van der Waals surface area contributed by atoms with E-state index in [1.807, 2.05) is 103 Å². The number of aliphatic carboxylic acids is 1. The third-order valence-corrected chi connectivity index (χ3v) is 15.5. The molecular weight excluding hydrogens is 1110 g/mol. The Balaban J connectivity index is 1.18. The molecule has 0 fully saturated rings. The lowest BCUT2D eigenvalue weighted by molar-refractivity contribution is -0.141. The number of amides is 9. The molecule has 21 nitrogen and oxygen atoms in total. The number of para-hydroxylation sites is 1. The first-order chi connectivity index (χ1) is 40.9. The molecule has 468 valence electrons. The molecule has 1 aliphatic heterocycles. The zero-order valence-electron chi connectivity index (χ0n) is 52.2. The lowest BCUT2D eigenvalue weighted by Gasteiger charge is -2.40. The SMILES string of the molecule is C=C1Cc2ccccc2CN(C(=O)CCC(=O)N[C@H](C(=O)N[C@@H](CCCNC(N)=O)C(=O)Nc2ccc(COC(=O)Nc3cccc(C(C)(C)C(NC)C(=O)N[C@H](C(=O)N(C)[C@H](/C=C(\C)C(=O)O)C(C)C)C(C)(C)C)c3)cc2)C(C)C)c2ccccc21.